The van der Waals surface area contributed by atoms with E-state index in [1.807, 2.05) is 20.8 Å². The fourth-order valence-electron chi connectivity index (χ4n) is 2.32. The molecule has 0 aliphatic rings. The summed E-state index contributed by atoms with van der Waals surface area (Å²) in [6.07, 6.45) is 2.48. The van der Waals surface area contributed by atoms with Gasteiger partial charge in [-0.15, -0.1) is 0 Å². The second-order valence-corrected chi connectivity index (χ2v) is 5.48. The molecular formula is C17H26O2. The molecule has 0 radical (unpaired) electrons. The standard InChI is InChI=1S/C17H26O2/c1-6-19-17-14(5)10-13(4)11-15(17)8-7-9-16(18)12(2)3/h10-12H,6-9H2,1-5H3. The summed E-state index contributed by atoms with van der Waals surface area (Å²) in [6.45, 7) is 10.8. The zero-order chi connectivity index (χ0) is 14.4. The molecule has 1 rings (SSSR count). The van der Waals surface area contributed by atoms with Crippen molar-refractivity contribution in [3.05, 3.63) is 28.8 Å². The van der Waals surface area contributed by atoms with Crippen LogP contribution in [0.2, 0.25) is 0 Å². The van der Waals surface area contributed by atoms with Crippen molar-refractivity contribution >= 4 is 5.78 Å². The van der Waals surface area contributed by atoms with Crippen molar-refractivity contribution in [3.63, 3.8) is 0 Å². The van der Waals surface area contributed by atoms with Crippen LogP contribution in [0.3, 0.4) is 0 Å². The fourth-order valence-corrected chi connectivity index (χ4v) is 2.32. The normalized spacial score (nSPS) is 10.8. The fraction of sp³-hybridized carbons (Fsp3) is 0.588. The van der Waals surface area contributed by atoms with E-state index in [0.717, 1.165) is 18.6 Å². The molecule has 0 saturated carbocycles. The third-order valence-electron chi connectivity index (χ3n) is 3.30. The zero-order valence-electron chi connectivity index (χ0n) is 12.9. The molecule has 0 spiro atoms. The number of aryl methyl sites for hydroxylation is 3. The zero-order valence-corrected chi connectivity index (χ0v) is 12.9. The van der Waals surface area contributed by atoms with Crippen LogP contribution >= 0.6 is 0 Å². The van der Waals surface area contributed by atoms with E-state index in [-0.39, 0.29) is 5.92 Å². The van der Waals surface area contributed by atoms with E-state index in [2.05, 4.69) is 26.0 Å². The van der Waals surface area contributed by atoms with E-state index in [9.17, 15) is 4.79 Å². The first-order valence-corrected chi connectivity index (χ1v) is 7.21. The number of hydrogen-bond acceptors (Lipinski definition) is 2. The molecule has 0 amide bonds. The van der Waals surface area contributed by atoms with Crippen molar-refractivity contribution in [2.45, 2.75) is 53.9 Å². The Kier molecular flexibility index (Phi) is 6.07. The van der Waals surface area contributed by atoms with Crippen molar-refractivity contribution in [2.24, 2.45) is 5.92 Å². The number of rotatable bonds is 7. The Bertz CT molecular complexity index is 433. The SMILES string of the molecule is CCOc1c(C)cc(C)cc1CCCC(=O)C(C)C. The molecule has 0 aliphatic heterocycles. The van der Waals surface area contributed by atoms with Crippen molar-refractivity contribution in [1.29, 1.82) is 0 Å². The van der Waals surface area contributed by atoms with Crippen molar-refractivity contribution in [1.82, 2.24) is 0 Å². The predicted molar refractivity (Wildman–Crippen MR) is 79.9 cm³/mol. The maximum Gasteiger partial charge on any atom is 0.135 e. The summed E-state index contributed by atoms with van der Waals surface area (Å²) in [5.74, 6) is 1.50. The minimum Gasteiger partial charge on any atom is -0.493 e. The maximum atomic E-state index is 11.6. The van der Waals surface area contributed by atoms with Crippen LogP contribution in [-0.2, 0) is 11.2 Å². The van der Waals surface area contributed by atoms with Crippen LogP contribution in [0.5, 0.6) is 5.75 Å². The second-order valence-electron chi connectivity index (χ2n) is 5.48. The highest BCUT2D eigenvalue weighted by Crippen LogP contribution is 2.27. The Labute approximate surface area is 117 Å². The third-order valence-corrected chi connectivity index (χ3v) is 3.30. The molecular weight excluding hydrogens is 236 g/mol. The smallest absolute Gasteiger partial charge is 0.135 e. The van der Waals surface area contributed by atoms with Gasteiger partial charge < -0.3 is 4.74 Å². The van der Waals surface area contributed by atoms with Gasteiger partial charge in [0, 0.05) is 12.3 Å². The van der Waals surface area contributed by atoms with Gasteiger partial charge in [0.25, 0.3) is 0 Å². The molecule has 0 fully saturated rings. The van der Waals surface area contributed by atoms with Crippen molar-refractivity contribution < 1.29 is 9.53 Å². The van der Waals surface area contributed by atoms with Crippen LogP contribution < -0.4 is 4.74 Å². The molecule has 1 aromatic carbocycles. The van der Waals surface area contributed by atoms with Gasteiger partial charge in [-0.25, -0.2) is 0 Å². The number of ether oxygens (including phenoxy) is 1. The molecule has 0 aliphatic carbocycles. The van der Waals surface area contributed by atoms with Crippen LogP contribution in [0, 0.1) is 19.8 Å². The van der Waals surface area contributed by atoms with Gasteiger partial charge in [0.05, 0.1) is 6.61 Å². The quantitative estimate of drug-likeness (QED) is 0.734. The van der Waals surface area contributed by atoms with Crippen LogP contribution in [0.25, 0.3) is 0 Å². The minimum absolute atomic E-state index is 0.144. The summed E-state index contributed by atoms with van der Waals surface area (Å²) in [5, 5.41) is 0. The van der Waals surface area contributed by atoms with Gasteiger partial charge in [-0.3, -0.25) is 4.79 Å². The van der Waals surface area contributed by atoms with Crippen molar-refractivity contribution in [2.75, 3.05) is 6.61 Å². The summed E-state index contributed by atoms with van der Waals surface area (Å²) in [5.41, 5.74) is 3.68. The second kappa shape index (κ2) is 7.32. The lowest BCUT2D eigenvalue weighted by Crippen LogP contribution is -2.07. The predicted octanol–water partition coefficient (Wildman–Crippen LogP) is 4.25. The average Bonchev–Trinajstić information content (AvgIpc) is 2.33. The first-order chi connectivity index (χ1) is 8.95. The summed E-state index contributed by atoms with van der Waals surface area (Å²) in [4.78, 5) is 11.6. The lowest BCUT2D eigenvalue weighted by atomic mass is 9.98. The number of carbonyl (C=O) groups excluding carboxylic acids is 1. The summed E-state index contributed by atoms with van der Waals surface area (Å²) < 4.78 is 5.74. The number of ketones is 1. The molecule has 0 atom stereocenters. The first kappa shape index (κ1) is 15.7. The van der Waals surface area contributed by atoms with Gasteiger partial charge in [-0.05, 0) is 44.7 Å². The van der Waals surface area contributed by atoms with Gasteiger partial charge in [-0.1, -0.05) is 31.5 Å². The maximum absolute atomic E-state index is 11.6. The highest BCUT2D eigenvalue weighted by atomic mass is 16.5. The van der Waals surface area contributed by atoms with Crippen LogP contribution in [-0.4, -0.2) is 12.4 Å². The number of Topliss-reactive ketones (excluding diaryl/α,β-unsaturated/α-hetero) is 1. The minimum atomic E-state index is 0.144. The molecule has 0 aromatic heterocycles. The van der Waals surface area contributed by atoms with E-state index in [1.165, 1.54) is 16.7 Å². The highest BCUT2D eigenvalue weighted by Gasteiger charge is 2.11. The van der Waals surface area contributed by atoms with Crippen LogP contribution in [0.4, 0.5) is 0 Å². The van der Waals surface area contributed by atoms with Gasteiger partial charge in [0.15, 0.2) is 0 Å². The Morgan fingerprint density at radius 3 is 2.53 bits per heavy atom. The summed E-state index contributed by atoms with van der Waals surface area (Å²) >= 11 is 0. The molecule has 2 heteroatoms. The number of hydrogen-bond donors (Lipinski definition) is 0. The van der Waals surface area contributed by atoms with Gasteiger partial charge in [0.1, 0.15) is 11.5 Å². The molecule has 19 heavy (non-hydrogen) atoms. The average molecular weight is 262 g/mol. The first-order valence-electron chi connectivity index (χ1n) is 7.21. The highest BCUT2D eigenvalue weighted by molar-refractivity contribution is 5.80. The van der Waals surface area contributed by atoms with Crippen LogP contribution in [0.1, 0.15) is 50.3 Å². The Morgan fingerprint density at radius 2 is 1.95 bits per heavy atom. The van der Waals surface area contributed by atoms with E-state index in [1.54, 1.807) is 0 Å². The molecule has 0 bridgehead atoms. The van der Waals surface area contributed by atoms with Gasteiger partial charge in [-0.2, -0.15) is 0 Å². The van der Waals surface area contributed by atoms with E-state index < -0.39 is 0 Å². The summed E-state index contributed by atoms with van der Waals surface area (Å²) in [6, 6.07) is 4.33. The van der Waals surface area contributed by atoms with E-state index in [0.29, 0.717) is 18.8 Å². The third kappa shape index (κ3) is 4.70. The lowest BCUT2D eigenvalue weighted by molar-refractivity contribution is -0.121. The van der Waals surface area contributed by atoms with Gasteiger partial charge >= 0.3 is 0 Å². The topological polar surface area (TPSA) is 26.3 Å². The molecule has 0 heterocycles. The monoisotopic (exact) mass is 262 g/mol. The Balaban J connectivity index is 2.73. The van der Waals surface area contributed by atoms with E-state index in [4.69, 9.17) is 4.74 Å². The number of carbonyl (C=O) groups is 1. The van der Waals surface area contributed by atoms with Gasteiger partial charge in [0.2, 0.25) is 0 Å². The molecule has 0 saturated heterocycles. The number of benzene rings is 1. The lowest BCUT2D eigenvalue weighted by Gasteiger charge is -2.14. The molecule has 106 valence electrons. The van der Waals surface area contributed by atoms with Crippen LogP contribution in [0.15, 0.2) is 12.1 Å². The molecule has 1 aromatic rings. The largest absolute Gasteiger partial charge is 0.493 e. The molecule has 0 N–H and O–H groups in total. The summed E-state index contributed by atoms with van der Waals surface area (Å²) in [7, 11) is 0. The molecule has 2 nitrogen and oxygen atoms in total. The molecule has 0 unspecified atom stereocenters. The Morgan fingerprint density at radius 1 is 1.26 bits per heavy atom. The van der Waals surface area contributed by atoms with E-state index >= 15 is 0 Å². The van der Waals surface area contributed by atoms with Crippen molar-refractivity contribution in [3.8, 4) is 5.75 Å². The Hall–Kier alpha value is -1.31.